The van der Waals surface area contributed by atoms with Gasteiger partial charge >= 0.3 is 46.0 Å². The van der Waals surface area contributed by atoms with Gasteiger partial charge in [0.05, 0.1) is 9.79 Å². The van der Waals surface area contributed by atoms with Crippen molar-refractivity contribution in [2.24, 2.45) is 0 Å². The summed E-state index contributed by atoms with van der Waals surface area (Å²) in [7, 11) is -14.8. The summed E-state index contributed by atoms with van der Waals surface area (Å²) in [4.78, 5) is -4.25. The van der Waals surface area contributed by atoms with Crippen molar-refractivity contribution in [3.63, 3.8) is 0 Å². The summed E-state index contributed by atoms with van der Waals surface area (Å²) < 4.78 is 275. The van der Waals surface area contributed by atoms with Gasteiger partial charge in [-0.05, 0) is 48.5 Å². The second-order valence-electron chi connectivity index (χ2n) is 8.39. The van der Waals surface area contributed by atoms with Crippen LogP contribution in [0.3, 0.4) is 0 Å². The van der Waals surface area contributed by atoms with Gasteiger partial charge in [-0.2, -0.15) is 70.2 Å². The van der Waals surface area contributed by atoms with E-state index >= 15 is 0 Å². The summed E-state index contributed by atoms with van der Waals surface area (Å²) in [5.41, 5.74) is 0. The molecule has 0 unspecified atom stereocenters. The third-order valence-corrected chi connectivity index (χ3v) is 9.78. The van der Waals surface area contributed by atoms with E-state index in [1.54, 1.807) is 0 Å². The maximum Gasteiger partial charge on any atom is 0.418 e. The highest BCUT2D eigenvalue weighted by molar-refractivity contribution is 7.92. The molecule has 0 saturated carbocycles. The third kappa shape index (κ3) is 4.88. The summed E-state index contributed by atoms with van der Waals surface area (Å²) in [6, 6.07) is 0.813. The van der Waals surface area contributed by atoms with Crippen LogP contribution in [0.4, 0.5) is 70.2 Å². The maximum absolute atomic E-state index is 14.3. The van der Waals surface area contributed by atoms with Crippen LogP contribution in [0.1, 0.15) is 0 Å². The van der Waals surface area contributed by atoms with Gasteiger partial charge < -0.3 is 0 Å². The van der Waals surface area contributed by atoms with Crippen molar-refractivity contribution in [1.29, 1.82) is 0 Å². The Morgan fingerprint density at radius 3 is 0.750 bits per heavy atom. The number of benzene rings is 2. The summed E-state index contributed by atoms with van der Waals surface area (Å²) >= 11 is 10.5. The highest BCUT2D eigenvalue weighted by atomic mass is 35.5. The van der Waals surface area contributed by atoms with Crippen molar-refractivity contribution in [2.75, 3.05) is 0 Å². The topological polar surface area (TPSA) is 68.3 Å². The van der Waals surface area contributed by atoms with Crippen LogP contribution in [0.5, 0.6) is 0 Å². The molecule has 0 radical (unpaired) electrons. The molecule has 44 heavy (non-hydrogen) atoms. The molecule has 0 aliphatic rings. The first-order valence-electron chi connectivity index (χ1n) is 10.3. The molecule has 0 atom stereocenters. The third-order valence-electron chi connectivity index (χ3n) is 5.63. The largest absolute Gasteiger partial charge is 0.418 e. The van der Waals surface area contributed by atoms with E-state index in [0.717, 1.165) is 0 Å². The van der Waals surface area contributed by atoms with Gasteiger partial charge in [0.15, 0.2) is 0 Å². The average molecular weight is 751 g/mol. The molecule has 0 aliphatic heterocycles. The number of hydrogen-bond acceptors (Lipinski definition) is 4. The van der Waals surface area contributed by atoms with Gasteiger partial charge in [-0.1, -0.05) is 23.2 Å². The Morgan fingerprint density at radius 2 is 0.545 bits per heavy atom. The monoisotopic (exact) mass is 750 g/mol. The first-order chi connectivity index (χ1) is 19.2. The second kappa shape index (κ2) is 10.7. The summed E-state index contributed by atoms with van der Waals surface area (Å²) in [6.07, 6.45) is 0. The molecule has 2 rings (SSSR count). The van der Waals surface area contributed by atoms with Gasteiger partial charge in [0.25, 0.3) is 0 Å². The molecule has 4 nitrogen and oxygen atoms in total. The Balaban J connectivity index is 2.74. The lowest BCUT2D eigenvalue weighted by atomic mass is 9.91. The minimum atomic E-state index is -8.98. The van der Waals surface area contributed by atoms with Gasteiger partial charge in [0.1, 0.15) is 0 Å². The van der Waals surface area contributed by atoms with E-state index in [1.165, 1.54) is 0 Å². The van der Waals surface area contributed by atoms with Crippen LogP contribution in [-0.2, 0) is 19.7 Å². The van der Waals surface area contributed by atoms with Crippen LogP contribution in [0, 0.1) is 0 Å². The van der Waals surface area contributed by atoms with Crippen molar-refractivity contribution in [3.8, 4) is 0 Å². The number of rotatable bonds is 11. The molecule has 2 aromatic carbocycles. The molecule has 0 spiro atoms. The summed E-state index contributed by atoms with van der Waals surface area (Å²) in [6.45, 7) is 0. The number of hydrogen-bond donors (Lipinski definition) is 0. The van der Waals surface area contributed by atoms with Gasteiger partial charge in [0.2, 0.25) is 19.7 Å². The quantitative estimate of drug-likeness (QED) is 0.217. The second-order valence-corrected chi connectivity index (χ2v) is 13.2. The van der Waals surface area contributed by atoms with Gasteiger partial charge in [-0.15, -0.1) is 0 Å². The molecule has 0 N–H and O–H groups in total. The first-order valence-corrected chi connectivity index (χ1v) is 14.0. The fourth-order valence-electron chi connectivity index (χ4n) is 3.02. The summed E-state index contributed by atoms with van der Waals surface area (Å²) in [5.74, 6) is -52.4. The van der Waals surface area contributed by atoms with Crippen LogP contribution in [0.25, 0.3) is 0 Å². The molecule has 0 aliphatic carbocycles. The predicted molar refractivity (Wildman–Crippen MR) is 117 cm³/mol. The Bertz CT molecular complexity index is 1490. The SMILES string of the molecule is O=S(=O)(c1ccc(Cl)cc1)C(F)(F)C(F)(F)C(F)(F)C(F)(F)C(F)(F)C(F)(F)C(F)(F)C(F)(F)S(=O)(=O)c1ccc(Cl)cc1. The van der Waals surface area contributed by atoms with Gasteiger partial charge in [-0.25, -0.2) is 16.8 Å². The Hall–Kier alpha value is -2.20. The van der Waals surface area contributed by atoms with Crippen LogP contribution < -0.4 is 0 Å². The average Bonchev–Trinajstić information content (AvgIpc) is 2.88. The van der Waals surface area contributed by atoms with Gasteiger partial charge in [0, 0.05) is 10.0 Å². The zero-order valence-electron chi connectivity index (χ0n) is 19.9. The number of alkyl halides is 16. The normalized spacial score (nSPS) is 15.4. The van der Waals surface area contributed by atoms with Crippen LogP contribution in [0.2, 0.25) is 10.0 Å². The van der Waals surface area contributed by atoms with E-state index in [1.807, 2.05) is 0 Å². The molecule has 2 aromatic rings. The Labute approximate surface area is 244 Å². The molecule has 0 bridgehead atoms. The van der Waals surface area contributed by atoms with Crippen molar-refractivity contribution < 1.29 is 87.1 Å². The lowest BCUT2D eigenvalue weighted by molar-refractivity contribution is -0.443. The van der Waals surface area contributed by atoms with Crippen LogP contribution >= 0.6 is 23.2 Å². The molecule has 0 fully saturated rings. The predicted octanol–water partition coefficient (Wildman–Crippen LogP) is 8.24. The first kappa shape index (κ1) is 38.0. The van der Waals surface area contributed by atoms with Crippen molar-refractivity contribution in [2.45, 2.75) is 55.8 Å². The van der Waals surface area contributed by atoms with Crippen molar-refractivity contribution >= 4 is 42.9 Å². The minimum absolute atomic E-state index is 0.121. The molecule has 0 amide bonds. The Kier molecular flexibility index (Phi) is 9.22. The van der Waals surface area contributed by atoms with Crippen LogP contribution in [-0.4, -0.2) is 62.9 Å². The highest BCUT2D eigenvalue weighted by Gasteiger charge is 2.96. The molecule has 0 heterocycles. The van der Waals surface area contributed by atoms with E-state index in [2.05, 4.69) is 0 Å². The fourth-order valence-corrected chi connectivity index (χ4v) is 5.78. The zero-order valence-corrected chi connectivity index (χ0v) is 23.0. The molecular formula is C20H8Cl2F16O4S2. The van der Waals surface area contributed by atoms with E-state index in [0.29, 0.717) is 24.3 Å². The van der Waals surface area contributed by atoms with Crippen LogP contribution in [0.15, 0.2) is 58.3 Å². The lowest BCUT2D eigenvalue weighted by Gasteiger charge is -2.43. The molecule has 250 valence electrons. The number of halogens is 18. The van der Waals surface area contributed by atoms with E-state index < -0.39 is 85.6 Å². The molecule has 24 heteroatoms. The molecule has 0 saturated heterocycles. The standard InChI is InChI=1S/C20H8Cl2F16O4S2/c21-9-1-5-11(6-2-9)43(39,40)19(35,36)17(31,32)15(27,28)13(23,24)14(25,26)16(29,30)18(33,34)20(37,38)44(41,42)12-7-3-10(22)4-8-12/h1-8H. The van der Waals surface area contributed by atoms with Crippen molar-refractivity contribution in [3.05, 3.63) is 58.6 Å². The summed E-state index contributed by atoms with van der Waals surface area (Å²) in [5, 5.41) is -16.4. The zero-order chi connectivity index (χ0) is 35.0. The number of sulfone groups is 2. The highest BCUT2D eigenvalue weighted by Crippen LogP contribution is 2.65. The minimum Gasteiger partial charge on any atom is -0.217 e. The van der Waals surface area contributed by atoms with E-state index in [9.17, 15) is 87.1 Å². The van der Waals surface area contributed by atoms with Gasteiger partial charge in [-0.3, -0.25) is 0 Å². The molecular weight excluding hydrogens is 743 g/mol. The smallest absolute Gasteiger partial charge is 0.217 e. The maximum atomic E-state index is 14.3. The van der Waals surface area contributed by atoms with E-state index in [-0.39, 0.29) is 24.3 Å². The fraction of sp³-hybridized carbons (Fsp3) is 0.400. The molecule has 0 aromatic heterocycles. The lowest BCUT2D eigenvalue weighted by Crippen LogP contribution is -2.75. The van der Waals surface area contributed by atoms with E-state index in [4.69, 9.17) is 23.2 Å². The van der Waals surface area contributed by atoms with Crippen molar-refractivity contribution in [1.82, 2.24) is 0 Å². The Morgan fingerprint density at radius 1 is 0.364 bits per heavy atom.